The SMILES string of the molecule is O=C(NCC1CCCCC1C(=O)O)c1ccc(Br)cc1F. The van der Waals surface area contributed by atoms with E-state index in [2.05, 4.69) is 21.2 Å². The van der Waals surface area contributed by atoms with Crippen LogP contribution in [0.15, 0.2) is 22.7 Å². The Hall–Kier alpha value is -1.43. The number of carbonyl (C=O) groups excluding carboxylic acids is 1. The van der Waals surface area contributed by atoms with E-state index in [4.69, 9.17) is 0 Å². The summed E-state index contributed by atoms with van der Waals surface area (Å²) in [6, 6.07) is 4.23. The van der Waals surface area contributed by atoms with Gasteiger partial charge in [0.1, 0.15) is 5.82 Å². The predicted octanol–water partition coefficient (Wildman–Crippen LogP) is 3.21. The van der Waals surface area contributed by atoms with Crippen LogP contribution in [0.1, 0.15) is 36.0 Å². The van der Waals surface area contributed by atoms with Crippen molar-refractivity contribution in [1.82, 2.24) is 5.32 Å². The van der Waals surface area contributed by atoms with E-state index in [1.54, 1.807) is 6.07 Å². The average Bonchev–Trinajstić information content (AvgIpc) is 2.45. The fourth-order valence-electron chi connectivity index (χ4n) is 2.77. The van der Waals surface area contributed by atoms with Gasteiger partial charge >= 0.3 is 5.97 Å². The molecule has 1 saturated carbocycles. The van der Waals surface area contributed by atoms with Crippen molar-refractivity contribution in [3.8, 4) is 0 Å². The molecule has 0 saturated heterocycles. The summed E-state index contributed by atoms with van der Waals surface area (Å²) in [5.41, 5.74) is -0.0270. The topological polar surface area (TPSA) is 66.4 Å². The first-order valence-corrected chi connectivity index (χ1v) is 7.74. The minimum absolute atomic E-state index is 0.0270. The number of carboxylic acid groups (broad SMARTS) is 1. The van der Waals surface area contributed by atoms with Crippen LogP contribution >= 0.6 is 15.9 Å². The second kappa shape index (κ2) is 7.02. The molecule has 1 fully saturated rings. The second-order valence-electron chi connectivity index (χ2n) is 5.32. The Morgan fingerprint density at radius 2 is 2.05 bits per heavy atom. The molecule has 0 bridgehead atoms. The first kappa shape index (κ1) is 15.9. The minimum Gasteiger partial charge on any atom is -0.481 e. The molecule has 0 radical (unpaired) electrons. The highest BCUT2D eigenvalue weighted by atomic mass is 79.9. The molecule has 21 heavy (non-hydrogen) atoms. The van der Waals surface area contributed by atoms with Crippen LogP contribution in [0.5, 0.6) is 0 Å². The van der Waals surface area contributed by atoms with Crippen LogP contribution in [0.2, 0.25) is 0 Å². The largest absolute Gasteiger partial charge is 0.481 e. The van der Waals surface area contributed by atoms with E-state index in [1.807, 2.05) is 0 Å². The van der Waals surface area contributed by atoms with E-state index in [0.717, 1.165) is 19.3 Å². The quantitative estimate of drug-likeness (QED) is 0.869. The number of nitrogens with one attached hydrogen (secondary N) is 1. The maximum atomic E-state index is 13.7. The molecule has 2 unspecified atom stereocenters. The van der Waals surface area contributed by atoms with E-state index in [0.29, 0.717) is 10.9 Å². The van der Waals surface area contributed by atoms with E-state index in [9.17, 15) is 19.1 Å². The van der Waals surface area contributed by atoms with Gasteiger partial charge in [0, 0.05) is 11.0 Å². The Morgan fingerprint density at radius 1 is 1.33 bits per heavy atom. The molecule has 0 aliphatic heterocycles. The molecule has 0 aromatic heterocycles. The monoisotopic (exact) mass is 357 g/mol. The molecule has 1 aromatic carbocycles. The van der Waals surface area contributed by atoms with Gasteiger partial charge in [-0.25, -0.2) is 4.39 Å². The van der Waals surface area contributed by atoms with Crippen LogP contribution in [0, 0.1) is 17.7 Å². The molecule has 114 valence electrons. The van der Waals surface area contributed by atoms with Crippen molar-refractivity contribution >= 4 is 27.8 Å². The van der Waals surface area contributed by atoms with E-state index >= 15 is 0 Å². The number of carboxylic acids is 1. The van der Waals surface area contributed by atoms with Gasteiger partial charge in [0.05, 0.1) is 11.5 Å². The molecule has 0 heterocycles. The Balaban J connectivity index is 1.98. The summed E-state index contributed by atoms with van der Waals surface area (Å²) in [6.07, 6.45) is 3.29. The van der Waals surface area contributed by atoms with Crippen LogP contribution in [-0.4, -0.2) is 23.5 Å². The molecule has 1 aromatic rings. The number of halogens is 2. The summed E-state index contributed by atoms with van der Waals surface area (Å²) in [5.74, 6) is -2.42. The van der Waals surface area contributed by atoms with Crippen LogP contribution in [-0.2, 0) is 4.79 Å². The number of hydrogen-bond acceptors (Lipinski definition) is 2. The highest BCUT2D eigenvalue weighted by Crippen LogP contribution is 2.29. The van der Waals surface area contributed by atoms with Crippen molar-refractivity contribution in [2.75, 3.05) is 6.54 Å². The molecule has 2 atom stereocenters. The lowest BCUT2D eigenvalue weighted by Gasteiger charge is -2.28. The Morgan fingerprint density at radius 3 is 2.71 bits per heavy atom. The summed E-state index contributed by atoms with van der Waals surface area (Å²) in [4.78, 5) is 23.2. The van der Waals surface area contributed by atoms with Gasteiger partial charge in [-0.1, -0.05) is 28.8 Å². The van der Waals surface area contributed by atoms with Gasteiger partial charge in [-0.2, -0.15) is 0 Å². The van der Waals surface area contributed by atoms with Gasteiger partial charge in [-0.05, 0) is 37.0 Å². The van der Waals surface area contributed by atoms with Crippen molar-refractivity contribution in [1.29, 1.82) is 0 Å². The zero-order chi connectivity index (χ0) is 15.4. The molecule has 1 aliphatic rings. The van der Waals surface area contributed by atoms with Crippen molar-refractivity contribution in [3.05, 3.63) is 34.1 Å². The number of benzene rings is 1. The maximum absolute atomic E-state index is 13.7. The molecule has 6 heteroatoms. The summed E-state index contributed by atoms with van der Waals surface area (Å²) in [5, 5.41) is 11.8. The standard InChI is InChI=1S/C15H17BrFNO3/c16-10-5-6-12(13(17)7-10)14(19)18-8-9-3-1-2-4-11(9)15(20)21/h5-7,9,11H,1-4,8H2,(H,18,19)(H,20,21). The zero-order valence-corrected chi connectivity index (χ0v) is 13.0. The molecule has 0 spiro atoms. The third kappa shape index (κ3) is 4.03. The van der Waals surface area contributed by atoms with Crippen LogP contribution in [0.4, 0.5) is 4.39 Å². The van der Waals surface area contributed by atoms with Crippen molar-refractivity contribution < 1.29 is 19.1 Å². The Labute approximate surface area is 130 Å². The Kier molecular flexibility index (Phi) is 5.33. The fraction of sp³-hybridized carbons (Fsp3) is 0.467. The van der Waals surface area contributed by atoms with Crippen LogP contribution < -0.4 is 5.32 Å². The first-order valence-electron chi connectivity index (χ1n) is 6.95. The highest BCUT2D eigenvalue weighted by Gasteiger charge is 2.31. The lowest BCUT2D eigenvalue weighted by atomic mass is 9.79. The van der Waals surface area contributed by atoms with Crippen molar-refractivity contribution in [2.24, 2.45) is 11.8 Å². The second-order valence-corrected chi connectivity index (χ2v) is 6.24. The third-order valence-electron chi connectivity index (χ3n) is 3.93. The molecule has 2 N–H and O–H groups in total. The van der Waals surface area contributed by atoms with Gasteiger partial charge in [0.15, 0.2) is 0 Å². The van der Waals surface area contributed by atoms with Crippen LogP contribution in [0.3, 0.4) is 0 Å². The lowest BCUT2D eigenvalue weighted by Crippen LogP contribution is -2.37. The van der Waals surface area contributed by atoms with Crippen molar-refractivity contribution in [2.45, 2.75) is 25.7 Å². The predicted molar refractivity (Wildman–Crippen MR) is 79.5 cm³/mol. The highest BCUT2D eigenvalue weighted by molar-refractivity contribution is 9.10. The zero-order valence-electron chi connectivity index (χ0n) is 11.4. The fourth-order valence-corrected chi connectivity index (χ4v) is 3.10. The molecular formula is C15H17BrFNO3. The smallest absolute Gasteiger partial charge is 0.306 e. The van der Waals surface area contributed by atoms with Gasteiger partial charge in [-0.3, -0.25) is 9.59 Å². The summed E-state index contributed by atoms with van der Waals surface area (Å²) < 4.78 is 14.3. The van der Waals surface area contributed by atoms with Gasteiger partial charge in [0.2, 0.25) is 0 Å². The summed E-state index contributed by atoms with van der Waals surface area (Å²) >= 11 is 3.13. The first-order chi connectivity index (χ1) is 9.99. The molecule has 4 nitrogen and oxygen atoms in total. The third-order valence-corrected chi connectivity index (χ3v) is 4.42. The number of hydrogen-bond donors (Lipinski definition) is 2. The summed E-state index contributed by atoms with van der Waals surface area (Å²) in [7, 11) is 0. The normalized spacial score (nSPS) is 21.8. The minimum atomic E-state index is -0.816. The molecule has 1 aliphatic carbocycles. The van der Waals surface area contributed by atoms with Gasteiger partial charge in [0.25, 0.3) is 5.91 Å². The van der Waals surface area contributed by atoms with E-state index < -0.39 is 23.6 Å². The number of carbonyl (C=O) groups is 2. The van der Waals surface area contributed by atoms with E-state index in [-0.39, 0.29) is 18.0 Å². The molecule has 1 amide bonds. The molecular weight excluding hydrogens is 341 g/mol. The molecule has 2 rings (SSSR count). The maximum Gasteiger partial charge on any atom is 0.306 e. The van der Waals surface area contributed by atoms with Gasteiger partial charge < -0.3 is 10.4 Å². The van der Waals surface area contributed by atoms with Crippen molar-refractivity contribution in [3.63, 3.8) is 0 Å². The number of aliphatic carboxylic acids is 1. The average molecular weight is 358 g/mol. The summed E-state index contributed by atoms with van der Waals surface area (Å²) in [6.45, 7) is 0.269. The number of amides is 1. The van der Waals surface area contributed by atoms with E-state index in [1.165, 1.54) is 12.1 Å². The number of rotatable bonds is 4. The Bertz CT molecular complexity index is 550. The van der Waals surface area contributed by atoms with Gasteiger partial charge in [-0.15, -0.1) is 0 Å². The lowest BCUT2D eigenvalue weighted by molar-refractivity contribution is -0.144. The van der Waals surface area contributed by atoms with Crippen LogP contribution in [0.25, 0.3) is 0 Å².